The van der Waals surface area contributed by atoms with Crippen molar-refractivity contribution in [2.75, 3.05) is 0 Å². The molecule has 4 heteroatoms. The smallest absolute Gasteiger partial charge is 0.134 e. The zero-order chi connectivity index (χ0) is 14.2. The van der Waals surface area contributed by atoms with Crippen LogP contribution in [0.2, 0.25) is 0 Å². The molecule has 102 valence electrons. The molecule has 2 aromatic heterocycles. The van der Waals surface area contributed by atoms with E-state index in [9.17, 15) is 5.26 Å². The Morgan fingerprint density at radius 1 is 1.38 bits per heavy atom. The Morgan fingerprint density at radius 3 is 3.05 bits per heavy atom. The maximum absolute atomic E-state index is 9.45. The van der Waals surface area contributed by atoms with Crippen LogP contribution in [0, 0.1) is 11.3 Å². The van der Waals surface area contributed by atoms with Crippen molar-refractivity contribution in [2.24, 2.45) is 0 Å². The van der Waals surface area contributed by atoms with Gasteiger partial charge in [0.1, 0.15) is 11.1 Å². The summed E-state index contributed by atoms with van der Waals surface area (Å²) in [6, 6.07) is 10.4. The molecule has 0 unspecified atom stereocenters. The molecule has 4 rings (SSSR count). The molecule has 2 heterocycles. The highest BCUT2D eigenvalue weighted by molar-refractivity contribution is 7.11. The van der Waals surface area contributed by atoms with Gasteiger partial charge in [-0.15, -0.1) is 11.3 Å². The number of aromatic nitrogens is 2. The number of aromatic amines is 1. The van der Waals surface area contributed by atoms with E-state index in [2.05, 4.69) is 27.5 Å². The molecule has 1 aromatic carbocycles. The first-order valence-corrected chi connectivity index (χ1v) is 7.87. The van der Waals surface area contributed by atoms with Crippen LogP contribution in [0.1, 0.15) is 35.0 Å². The van der Waals surface area contributed by atoms with Crippen LogP contribution in [0.25, 0.3) is 22.6 Å². The molecular weight excluding hydrogens is 278 g/mol. The van der Waals surface area contributed by atoms with Crippen molar-refractivity contribution in [3.63, 3.8) is 0 Å². The third-order valence-corrected chi connectivity index (χ3v) is 4.68. The summed E-state index contributed by atoms with van der Waals surface area (Å²) in [5, 5.41) is 13.5. The van der Waals surface area contributed by atoms with E-state index < -0.39 is 0 Å². The van der Waals surface area contributed by atoms with Gasteiger partial charge in [-0.05, 0) is 25.0 Å². The molecule has 0 amide bonds. The van der Waals surface area contributed by atoms with Gasteiger partial charge in [0.25, 0.3) is 0 Å². The minimum absolute atomic E-state index is 0.628. The highest BCUT2D eigenvalue weighted by Crippen LogP contribution is 2.41. The summed E-state index contributed by atoms with van der Waals surface area (Å²) >= 11 is 1.57. The van der Waals surface area contributed by atoms with Gasteiger partial charge >= 0.3 is 0 Å². The number of benzene rings is 1. The van der Waals surface area contributed by atoms with Crippen molar-refractivity contribution in [1.82, 2.24) is 9.97 Å². The first kappa shape index (κ1) is 12.4. The second-order valence-electron chi connectivity index (χ2n) is 5.31. The lowest BCUT2D eigenvalue weighted by atomic mass is 10.1. The number of nitriles is 1. The van der Waals surface area contributed by atoms with Gasteiger partial charge in [-0.25, -0.2) is 4.98 Å². The van der Waals surface area contributed by atoms with Crippen LogP contribution >= 0.6 is 11.3 Å². The Bertz CT molecular complexity index is 875. The van der Waals surface area contributed by atoms with E-state index in [4.69, 9.17) is 0 Å². The van der Waals surface area contributed by atoms with E-state index >= 15 is 0 Å². The summed E-state index contributed by atoms with van der Waals surface area (Å²) in [6.45, 7) is 0. The van der Waals surface area contributed by atoms with Gasteiger partial charge < -0.3 is 4.98 Å². The van der Waals surface area contributed by atoms with Gasteiger partial charge in [-0.1, -0.05) is 18.2 Å². The van der Waals surface area contributed by atoms with Gasteiger partial charge in [0, 0.05) is 34.0 Å². The second-order valence-corrected chi connectivity index (χ2v) is 6.17. The minimum atomic E-state index is 0.628. The quantitative estimate of drug-likeness (QED) is 0.719. The normalized spacial score (nSPS) is 15.3. The van der Waals surface area contributed by atoms with E-state index in [-0.39, 0.29) is 0 Å². The number of thiazole rings is 1. The largest absolute Gasteiger partial charge is 0.361 e. The Hall–Kier alpha value is -2.38. The van der Waals surface area contributed by atoms with E-state index in [1.165, 1.54) is 12.8 Å². The first-order chi connectivity index (χ1) is 10.3. The van der Waals surface area contributed by atoms with Gasteiger partial charge in [0.2, 0.25) is 0 Å². The van der Waals surface area contributed by atoms with Crippen molar-refractivity contribution in [3.05, 3.63) is 52.1 Å². The highest BCUT2D eigenvalue weighted by Gasteiger charge is 2.26. The SMILES string of the molecule is N#CC(=Cc1c[nH]c2ccccc12)c1nc(C2CC2)cs1. The molecule has 1 saturated carbocycles. The molecule has 1 N–H and O–H groups in total. The molecule has 0 bridgehead atoms. The van der Waals surface area contributed by atoms with Crippen LogP contribution in [0.15, 0.2) is 35.8 Å². The first-order valence-electron chi connectivity index (χ1n) is 6.99. The molecule has 1 aliphatic rings. The lowest BCUT2D eigenvalue weighted by Crippen LogP contribution is -1.83. The van der Waals surface area contributed by atoms with E-state index in [1.54, 1.807) is 11.3 Å². The molecule has 3 aromatic rings. The zero-order valence-corrected chi connectivity index (χ0v) is 12.2. The van der Waals surface area contributed by atoms with Crippen molar-refractivity contribution in [3.8, 4) is 6.07 Å². The summed E-state index contributed by atoms with van der Waals surface area (Å²) < 4.78 is 0. The number of fused-ring (bicyclic) bond motifs is 1. The molecule has 21 heavy (non-hydrogen) atoms. The fourth-order valence-corrected chi connectivity index (χ4v) is 3.35. The Morgan fingerprint density at radius 2 is 2.24 bits per heavy atom. The van der Waals surface area contributed by atoms with Crippen LogP contribution in [-0.4, -0.2) is 9.97 Å². The second kappa shape index (κ2) is 4.87. The third-order valence-electron chi connectivity index (χ3n) is 3.79. The van der Waals surface area contributed by atoms with Crippen molar-refractivity contribution in [1.29, 1.82) is 5.26 Å². The number of para-hydroxylation sites is 1. The van der Waals surface area contributed by atoms with E-state index in [1.807, 2.05) is 30.5 Å². The van der Waals surface area contributed by atoms with E-state index in [0.717, 1.165) is 27.2 Å². The third kappa shape index (κ3) is 2.26. The fraction of sp³-hybridized carbons (Fsp3) is 0.176. The summed E-state index contributed by atoms with van der Waals surface area (Å²) in [5.74, 6) is 0.628. The molecule has 1 fully saturated rings. The maximum Gasteiger partial charge on any atom is 0.134 e. The monoisotopic (exact) mass is 291 g/mol. The topological polar surface area (TPSA) is 52.5 Å². The predicted octanol–water partition coefficient (Wildman–Crippen LogP) is 4.57. The number of rotatable bonds is 3. The van der Waals surface area contributed by atoms with Crippen LogP contribution in [0.5, 0.6) is 0 Å². The minimum Gasteiger partial charge on any atom is -0.361 e. The number of hydrogen-bond donors (Lipinski definition) is 1. The molecule has 3 nitrogen and oxygen atoms in total. The van der Waals surface area contributed by atoms with Gasteiger partial charge in [-0.3, -0.25) is 0 Å². The number of allylic oxidation sites excluding steroid dienone is 1. The summed E-state index contributed by atoms with van der Waals surface area (Å²) in [7, 11) is 0. The van der Waals surface area contributed by atoms with Gasteiger partial charge in [0.15, 0.2) is 0 Å². The molecule has 0 radical (unpaired) electrons. The zero-order valence-electron chi connectivity index (χ0n) is 11.3. The molecule has 0 saturated heterocycles. The molecule has 0 spiro atoms. The number of nitrogens with one attached hydrogen (secondary N) is 1. The Balaban J connectivity index is 1.76. The predicted molar refractivity (Wildman–Crippen MR) is 85.9 cm³/mol. The van der Waals surface area contributed by atoms with Crippen LogP contribution in [0.4, 0.5) is 0 Å². The molecule has 0 atom stereocenters. The van der Waals surface area contributed by atoms with E-state index in [0.29, 0.717) is 11.5 Å². The average molecular weight is 291 g/mol. The Kier molecular flexibility index (Phi) is 2.87. The maximum atomic E-state index is 9.45. The molecule has 1 aliphatic carbocycles. The van der Waals surface area contributed by atoms with Crippen LogP contribution in [-0.2, 0) is 0 Å². The molecular formula is C17H13N3S. The summed E-state index contributed by atoms with van der Waals surface area (Å²) in [6.07, 6.45) is 6.33. The number of H-pyrrole nitrogens is 1. The lowest BCUT2D eigenvalue weighted by molar-refractivity contribution is 1.05. The van der Waals surface area contributed by atoms with Crippen LogP contribution < -0.4 is 0 Å². The van der Waals surface area contributed by atoms with Gasteiger partial charge in [-0.2, -0.15) is 5.26 Å². The number of hydrogen-bond acceptors (Lipinski definition) is 3. The Labute approximate surface area is 126 Å². The summed E-state index contributed by atoms with van der Waals surface area (Å²) in [5.41, 5.74) is 3.90. The molecule has 0 aliphatic heterocycles. The van der Waals surface area contributed by atoms with Gasteiger partial charge in [0.05, 0.1) is 11.3 Å². The highest BCUT2D eigenvalue weighted by atomic mass is 32.1. The van der Waals surface area contributed by atoms with Crippen LogP contribution in [0.3, 0.4) is 0 Å². The lowest BCUT2D eigenvalue weighted by Gasteiger charge is -1.94. The fourth-order valence-electron chi connectivity index (χ4n) is 2.49. The summed E-state index contributed by atoms with van der Waals surface area (Å²) in [4.78, 5) is 7.85. The van der Waals surface area contributed by atoms with Crippen molar-refractivity contribution >= 4 is 33.9 Å². The standard InChI is InChI=1S/C17H13N3S/c18-8-12(17-20-16(10-21-17)11-5-6-11)7-13-9-19-15-4-2-1-3-14(13)15/h1-4,7,9-11,19H,5-6H2. The average Bonchev–Trinajstić information content (AvgIpc) is 3.11. The van der Waals surface area contributed by atoms with Crippen molar-refractivity contribution < 1.29 is 0 Å². The number of nitrogens with zero attached hydrogens (tertiary/aromatic N) is 2. The van der Waals surface area contributed by atoms with Crippen molar-refractivity contribution in [2.45, 2.75) is 18.8 Å².